The average Bonchev–Trinajstić information content (AvgIpc) is 2.92. The number of nitrogens with one attached hydrogen (secondary N) is 1. The van der Waals surface area contributed by atoms with Crippen LogP contribution in [0.1, 0.15) is 17.2 Å². The maximum atomic E-state index is 10.8. The first kappa shape index (κ1) is 13.1. The topological polar surface area (TPSA) is 112 Å². The monoisotopic (exact) mass is 266 g/mol. The quantitative estimate of drug-likeness (QED) is 0.462. The Morgan fingerprint density at radius 3 is 2.89 bits per heavy atom. The van der Waals surface area contributed by atoms with Crippen LogP contribution in [0.2, 0.25) is 0 Å². The lowest BCUT2D eigenvalue weighted by atomic mass is 10.3. The molecule has 0 fully saturated rings. The Labute approximate surface area is 108 Å². The summed E-state index contributed by atoms with van der Waals surface area (Å²) in [6, 6.07) is 0. The fourth-order valence-corrected chi connectivity index (χ4v) is 1.69. The van der Waals surface area contributed by atoms with Crippen molar-refractivity contribution in [2.75, 3.05) is 6.54 Å². The second-order valence-electron chi connectivity index (χ2n) is 4.05. The second-order valence-corrected chi connectivity index (χ2v) is 4.05. The molecule has 0 saturated heterocycles. The van der Waals surface area contributed by atoms with E-state index in [9.17, 15) is 10.1 Å². The van der Waals surface area contributed by atoms with Gasteiger partial charge >= 0.3 is 5.82 Å². The Morgan fingerprint density at radius 2 is 2.26 bits per heavy atom. The van der Waals surface area contributed by atoms with Crippen LogP contribution in [0.3, 0.4) is 0 Å². The van der Waals surface area contributed by atoms with Crippen LogP contribution in [0.5, 0.6) is 0 Å². The Morgan fingerprint density at radius 1 is 1.47 bits per heavy atom. The SMILES string of the molecule is Cc1nonc1CNCCn1c([N+](=O)[O-])cnc1C. The van der Waals surface area contributed by atoms with Crippen molar-refractivity contribution in [3.63, 3.8) is 0 Å². The molecule has 0 aliphatic heterocycles. The predicted octanol–water partition coefficient (Wildman–Crippen LogP) is 0.581. The van der Waals surface area contributed by atoms with Gasteiger partial charge in [-0.25, -0.2) is 14.2 Å². The van der Waals surface area contributed by atoms with E-state index < -0.39 is 4.92 Å². The summed E-state index contributed by atoms with van der Waals surface area (Å²) in [5.41, 5.74) is 1.47. The highest BCUT2D eigenvalue weighted by molar-refractivity contribution is 5.18. The van der Waals surface area contributed by atoms with Crippen molar-refractivity contribution in [1.29, 1.82) is 0 Å². The van der Waals surface area contributed by atoms with Crippen LogP contribution >= 0.6 is 0 Å². The third kappa shape index (κ3) is 2.94. The van der Waals surface area contributed by atoms with Crippen LogP contribution in [0.4, 0.5) is 5.82 Å². The highest BCUT2D eigenvalue weighted by Crippen LogP contribution is 2.12. The molecule has 0 bridgehead atoms. The molecular formula is C10H14N6O3. The normalized spacial score (nSPS) is 10.8. The van der Waals surface area contributed by atoms with Crippen molar-refractivity contribution in [1.82, 2.24) is 25.2 Å². The Bertz CT molecular complexity index is 576. The zero-order chi connectivity index (χ0) is 13.8. The summed E-state index contributed by atoms with van der Waals surface area (Å²) in [5, 5.41) is 21.3. The third-order valence-corrected chi connectivity index (χ3v) is 2.77. The van der Waals surface area contributed by atoms with E-state index in [1.54, 1.807) is 18.4 Å². The second kappa shape index (κ2) is 5.57. The van der Waals surface area contributed by atoms with Crippen molar-refractivity contribution in [2.45, 2.75) is 26.9 Å². The molecule has 2 aromatic heterocycles. The van der Waals surface area contributed by atoms with Crippen LogP contribution < -0.4 is 5.32 Å². The van der Waals surface area contributed by atoms with E-state index in [1.165, 1.54) is 6.20 Å². The fraction of sp³-hybridized carbons (Fsp3) is 0.500. The van der Waals surface area contributed by atoms with E-state index in [0.29, 0.717) is 25.5 Å². The van der Waals surface area contributed by atoms with Gasteiger partial charge < -0.3 is 15.4 Å². The summed E-state index contributed by atoms with van der Waals surface area (Å²) in [7, 11) is 0. The Hall–Kier alpha value is -2.29. The van der Waals surface area contributed by atoms with Gasteiger partial charge in [0.15, 0.2) is 5.82 Å². The molecule has 0 spiro atoms. The number of rotatable bonds is 6. The van der Waals surface area contributed by atoms with E-state index in [0.717, 1.165) is 11.4 Å². The van der Waals surface area contributed by atoms with E-state index in [2.05, 4.69) is 25.2 Å². The molecule has 0 aliphatic rings. The summed E-state index contributed by atoms with van der Waals surface area (Å²) in [6.45, 7) is 5.07. The van der Waals surface area contributed by atoms with Crippen LogP contribution in [-0.2, 0) is 13.1 Å². The molecule has 0 atom stereocenters. The summed E-state index contributed by atoms with van der Waals surface area (Å²) in [5.74, 6) is 0.617. The summed E-state index contributed by atoms with van der Waals surface area (Å²) in [4.78, 5) is 14.3. The average molecular weight is 266 g/mol. The van der Waals surface area contributed by atoms with Crippen LogP contribution in [-0.4, -0.2) is 31.3 Å². The molecule has 2 rings (SSSR count). The molecule has 9 nitrogen and oxygen atoms in total. The number of hydrogen-bond donors (Lipinski definition) is 1. The number of nitrogens with zero attached hydrogens (tertiary/aromatic N) is 5. The third-order valence-electron chi connectivity index (χ3n) is 2.77. The first-order valence-corrected chi connectivity index (χ1v) is 5.75. The van der Waals surface area contributed by atoms with Crippen LogP contribution in [0.15, 0.2) is 10.8 Å². The predicted molar refractivity (Wildman–Crippen MR) is 64.4 cm³/mol. The molecule has 2 aromatic rings. The highest BCUT2D eigenvalue weighted by atomic mass is 16.6. The van der Waals surface area contributed by atoms with Gasteiger partial charge in [-0.2, -0.15) is 0 Å². The van der Waals surface area contributed by atoms with Crippen molar-refractivity contribution in [3.05, 3.63) is 33.5 Å². The van der Waals surface area contributed by atoms with E-state index in [-0.39, 0.29) is 5.82 Å². The number of nitro groups is 1. The zero-order valence-corrected chi connectivity index (χ0v) is 10.7. The van der Waals surface area contributed by atoms with Gasteiger partial charge in [-0.1, -0.05) is 10.3 Å². The molecule has 0 aromatic carbocycles. The van der Waals surface area contributed by atoms with Crippen LogP contribution in [0.25, 0.3) is 0 Å². The lowest BCUT2D eigenvalue weighted by molar-refractivity contribution is -0.392. The molecule has 0 radical (unpaired) electrons. The molecule has 102 valence electrons. The van der Waals surface area contributed by atoms with Crippen molar-refractivity contribution in [3.8, 4) is 0 Å². The smallest absolute Gasteiger partial charge is 0.342 e. The molecule has 0 saturated carbocycles. The Kier molecular flexibility index (Phi) is 3.85. The van der Waals surface area contributed by atoms with Crippen molar-refractivity contribution in [2.24, 2.45) is 0 Å². The summed E-state index contributed by atoms with van der Waals surface area (Å²) < 4.78 is 6.13. The van der Waals surface area contributed by atoms with Crippen molar-refractivity contribution >= 4 is 5.82 Å². The maximum Gasteiger partial charge on any atom is 0.342 e. The molecule has 0 aliphatic carbocycles. The minimum Gasteiger partial charge on any atom is -0.358 e. The fourth-order valence-electron chi connectivity index (χ4n) is 1.69. The maximum absolute atomic E-state index is 10.8. The summed E-state index contributed by atoms with van der Waals surface area (Å²) in [6.07, 6.45) is 1.26. The van der Waals surface area contributed by atoms with Gasteiger partial charge in [0.25, 0.3) is 0 Å². The summed E-state index contributed by atoms with van der Waals surface area (Å²) >= 11 is 0. The molecular weight excluding hydrogens is 252 g/mol. The van der Waals surface area contributed by atoms with Gasteiger partial charge in [0.2, 0.25) is 0 Å². The van der Waals surface area contributed by atoms with E-state index in [1.807, 2.05) is 0 Å². The number of imidazole rings is 1. The van der Waals surface area contributed by atoms with Gasteiger partial charge in [-0.15, -0.1) is 0 Å². The highest BCUT2D eigenvalue weighted by Gasteiger charge is 2.16. The number of aryl methyl sites for hydroxylation is 2. The molecule has 19 heavy (non-hydrogen) atoms. The number of hydrogen-bond acceptors (Lipinski definition) is 7. The zero-order valence-electron chi connectivity index (χ0n) is 10.7. The van der Waals surface area contributed by atoms with Gasteiger partial charge in [0.05, 0.1) is 0 Å². The minimum absolute atomic E-state index is 0.00131. The van der Waals surface area contributed by atoms with Crippen LogP contribution in [0, 0.1) is 24.0 Å². The molecule has 9 heteroatoms. The van der Waals surface area contributed by atoms with Gasteiger partial charge in [-0.05, 0) is 11.8 Å². The Balaban J connectivity index is 1.88. The molecule has 2 heterocycles. The standard InChI is InChI=1S/C10H14N6O3/c1-7-9(14-19-13-7)5-11-3-4-15-8(2)12-6-10(15)16(17)18/h6,11H,3-5H2,1-2H3. The van der Waals surface area contributed by atoms with Crippen molar-refractivity contribution < 1.29 is 9.55 Å². The largest absolute Gasteiger partial charge is 0.358 e. The van der Waals surface area contributed by atoms with Gasteiger partial charge in [0.1, 0.15) is 24.1 Å². The van der Waals surface area contributed by atoms with E-state index in [4.69, 9.17) is 0 Å². The first-order valence-electron chi connectivity index (χ1n) is 5.75. The van der Waals surface area contributed by atoms with E-state index >= 15 is 0 Å². The van der Waals surface area contributed by atoms with Gasteiger partial charge in [0, 0.05) is 20.0 Å². The molecule has 0 unspecified atom stereocenters. The molecule has 1 N–H and O–H groups in total. The molecule has 0 amide bonds. The number of aromatic nitrogens is 4. The first-order chi connectivity index (χ1) is 9.09. The van der Waals surface area contributed by atoms with Gasteiger partial charge in [-0.3, -0.25) is 0 Å². The lowest BCUT2D eigenvalue weighted by Crippen LogP contribution is -2.21. The lowest BCUT2D eigenvalue weighted by Gasteiger charge is -2.04. The minimum atomic E-state index is -0.439.